The standard InChI is InChI=1S/C32H29ClN3O5PS.C4H10.C3H4/c1-4-22(11-14-24(20(3)33)32(39)40)35-28-17-34-30(38)27(43-28)16-23-12-15-26(41-23)25-13-10-19(2)18-42-31(25)36-29(37)21-8-6-5-7-9-21;1-3-4-2;1-3-2/h4-9,12,14-16,18-20H,11,17H2,1-3H3,(H,34,38)(H,36,37)(H,39,40);3-4H2,1-2H3;1H,2H3/b22-4+,24-14+,27-16-,35-28?;;. The Bertz CT molecular complexity index is 1800. The minimum Gasteiger partial charge on any atom is -0.478 e. The summed E-state index contributed by atoms with van der Waals surface area (Å²) in [4.78, 5) is 42.0. The number of aliphatic carboxylic acids is 1. The van der Waals surface area contributed by atoms with E-state index in [-0.39, 0.29) is 36.3 Å². The van der Waals surface area contributed by atoms with Crippen molar-refractivity contribution >= 4 is 71.8 Å². The van der Waals surface area contributed by atoms with Crippen LogP contribution in [0.5, 0.6) is 0 Å². The summed E-state index contributed by atoms with van der Waals surface area (Å²) in [6.45, 7) is 11.6. The third-order valence-corrected chi connectivity index (χ3v) is 9.08. The number of rotatable bonds is 10. The van der Waals surface area contributed by atoms with Crippen LogP contribution in [0.4, 0.5) is 0 Å². The van der Waals surface area contributed by atoms with Crippen LogP contribution in [0, 0.1) is 30.1 Å². The molecule has 0 radical (unpaired) electrons. The topological polar surface area (TPSA) is 121 Å². The van der Waals surface area contributed by atoms with Crippen LogP contribution < -0.4 is 10.6 Å². The molecule has 1 aromatic heterocycles. The molecular weight excluding hydrogens is 689 g/mol. The lowest BCUT2D eigenvalue weighted by molar-refractivity contribution is -0.132. The Labute approximate surface area is 306 Å². The maximum absolute atomic E-state index is 12.9. The van der Waals surface area contributed by atoms with Crippen LogP contribution in [-0.2, 0) is 9.59 Å². The smallest absolute Gasteiger partial charge is 0.332 e. The van der Waals surface area contributed by atoms with E-state index in [4.69, 9.17) is 16.0 Å². The number of furan rings is 1. The molecule has 1 fully saturated rings. The molecule has 0 aliphatic carbocycles. The summed E-state index contributed by atoms with van der Waals surface area (Å²) in [6.07, 6.45) is 12.5. The van der Waals surface area contributed by atoms with Crippen LogP contribution in [-0.4, -0.2) is 45.7 Å². The molecule has 0 spiro atoms. The van der Waals surface area contributed by atoms with Crippen molar-refractivity contribution in [2.75, 3.05) is 6.54 Å². The highest BCUT2D eigenvalue weighted by atomic mass is 35.5. The Hall–Kier alpha value is -4.53. The number of terminal acetylenes is 1. The van der Waals surface area contributed by atoms with Gasteiger partial charge in [-0.2, -0.15) is 0 Å². The quantitative estimate of drug-likeness (QED) is 0.0973. The number of carboxylic acids is 1. The Morgan fingerprint density at radius 2 is 1.94 bits per heavy atom. The zero-order valence-corrected chi connectivity index (χ0v) is 31.6. The number of unbranched alkanes of at least 4 members (excludes halogenated alkanes) is 1. The summed E-state index contributed by atoms with van der Waals surface area (Å²) >= 11 is 7.20. The van der Waals surface area contributed by atoms with Gasteiger partial charge >= 0.3 is 5.97 Å². The Morgan fingerprint density at radius 3 is 2.54 bits per heavy atom. The van der Waals surface area contributed by atoms with Crippen molar-refractivity contribution in [3.8, 4) is 24.2 Å². The van der Waals surface area contributed by atoms with E-state index in [1.54, 1.807) is 68.5 Å². The molecule has 0 saturated carbocycles. The first-order chi connectivity index (χ1) is 24.0. The molecular formula is C39H43ClN3O5PS. The first-order valence-electron chi connectivity index (χ1n) is 16.1. The first-order valence-corrected chi connectivity index (χ1v) is 18.3. The van der Waals surface area contributed by atoms with Crippen molar-refractivity contribution in [1.29, 1.82) is 0 Å². The highest BCUT2D eigenvalue weighted by Crippen LogP contribution is 2.31. The summed E-state index contributed by atoms with van der Waals surface area (Å²) in [5, 5.41) is 15.2. The highest BCUT2D eigenvalue weighted by molar-refractivity contribution is 8.18. The first kappa shape index (κ1) is 41.6. The molecule has 2 aliphatic heterocycles. The molecule has 2 aliphatic rings. The van der Waals surface area contributed by atoms with E-state index in [2.05, 4.69) is 53.7 Å². The van der Waals surface area contributed by atoms with Crippen LogP contribution in [0.2, 0.25) is 0 Å². The fraction of sp³-hybridized carbons (Fsp3) is 0.308. The van der Waals surface area contributed by atoms with Crippen LogP contribution in [0.3, 0.4) is 0 Å². The van der Waals surface area contributed by atoms with Gasteiger partial charge in [0.15, 0.2) is 0 Å². The maximum atomic E-state index is 12.9. The number of hydrogen-bond donors (Lipinski definition) is 3. The number of thioether (sulfide) groups is 1. The summed E-state index contributed by atoms with van der Waals surface area (Å²) in [6, 6.07) is 12.4. The van der Waals surface area contributed by atoms with Gasteiger partial charge in [-0.1, -0.05) is 88.8 Å². The Balaban J connectivity index is 0.00000114. The van der Waals surface area contributed by atoms with E-state index in [1.807, 2.05) is 25.7 Å². The lowest BCUT2D eigenvalue weighted by Crippen LogP contribution is -2.34. The highest BCUT2D eigenvalue weighted by Gasteiger charge is 2.22. The summed E-state index contributed by atoms with van der Waals surface area (Å²) < 4.78 is 6.10. The predicted octanol–water partition coefficient (Wildman–Crippen LogP) is 8.76. The second kappa shape index (κ2) is 22.2. The van der Waals surface area contributed by atoms with Crippen molar-refractivity contribution in [2.45, 2.75) is 66.2 Å². The number of halogens is 1. The maximum Gasteiger partial charge on any atom is 0.332 e. The number of nitrogens with one attached hydrogen (secondary N) is 2. The molecule has 3 heterocycles. The average molecular weight is 732 g/mol. The number of carboxylic acid groups (broad SMARTS) is 1. The Kier molecular flexibility index (Phi) is 18.5. The molecule has 2 unspecified atom stereocenters. The lowest BCUT2D eigenvalue weighted by atomic mass is 10.1. The van der Waals surface area contributed by atoms with E-state index in [1.165, 1.54) is 24.6 Å². The second-order valence-electron chi connectivity index (χ2n) is 10.7. The number of alkyl halides is 1. The van der Waals surface area contributed by atoms with Gasteiger partial charge in [0.2, 0.25) is 0 Å². The van der Waals surface area contributed by atoms with Crippen molar-refractivity contribution < 1.29 is 23.9 Å². The van der Waals surface area contributed by atoms with Gasteiger partial charge < -0.3 is 20.2 Å². The number of nitrogens with zero attached hydrogens (tertiary/aromatic N) is 1. The number of aliphatic imine (C=N–C) groups is 1. The summed E-state index contributed by atoms with van der Waals surface area (Å²) in [7, 11) is 0.783. The molecule has 0 bridgehead atoms. The van der Waals surface area contributed by atoms with Crippen LogP contribution in [0.15, 0.2) is 85.6 Å². The molecule has 8 nitrogen and oxygen atoms in total. The third kappa shape index (κ3) is 13.8. The molecule has 2 amide bonds. The zero-order valence-electron chi connectivity index (χ0n) is 29.2. The molecule has 2 aromatic rings. The van der Waals surface area contributed by atoms with Gasteiger partial charge in [-0.25, -0.2) is 9.79 Å². The third-order valence-electron chi connectivity index (χ3n) is 6.66. The van der Waals surface area contributed by atoms with E-state index < -0.39 is 11.3 Å². The minimum absolute atomic E-state index is 0.0194. The molecule has 4 rings (SSSR count). The van der Waals surface area contributed by atoms with E-state index >= 15 is 0 Å². The largest absolute Gasteiger partial charge is 0.478 e. The van der Waals surface area contributed by atoms with E-state index in [0.29, 0.717) is 43.7 Å². The second-order valence-corrected chi connectivity index (χ2v) is 13.5. The average Bonchev–Trinajstić information content (AvgIpc) is 3.48. The summed E-state index contributed by atoms with van der Waals surface area (Å²) in [5.74, 6) is 9.92. The van der Waals surface area contributed by atoms with Crippen molar-refractivity contribution in [2.24, 2.45) is 10.9 Å². The number of amides is 2. The number of carbonyl (C=O) groups is 3. The van der Waals surface area contributed by atoms with Gasteiger partial charge in [-0.05, 0) is 57.8 Å². The van der Waals surface area contributed by atoms with Crippen LogP contribution in [0.1, 0.15) is 82.7 Å². The molecule has 2 atom stereocenters. The molecule has 3 N–H and O–H groups in total. The van der Waals surface area contributed by atoms with Crippen molar-refractivity contribution in [1.82, 2.24) is 10.6 Å². The van der Waals surface area contributed by atoms with Gasteiger partial charge in [-0.3, -0.25) is 9.59 Å². The monoisotopic (exact) mass is 731 g/mol. The molecule has 1 aromatic carbocycles. The van der Waals surface area contributed by atoms with E-state index in [9.17, 15) is 19.5 Å². The van der Waals surface area contributed by atoms with Gasteiger partial charge in [0.05, 0.1) is 38.5 Å². The lowest BCUT2D eigenvalue weighted by Gasteiger charge is -2.17. The fourth-order valence-corrected chi connectivity index (χ4v) is 5.89. The Morgan fingerprint density at radius 1 is 1.26 bits per heavy atom. The summed E-state index contributed by atoms with van der Waals surface area (Å²) in [5.41, 5.74) is 2.45. The van der Waals surface area contributed by atoms with Crippen molar-refractivity contribution in [3.63, 3.8) is 0 Å². The van der Waals surface area contributed by atoms with E-state index in [0.717, 1.165) is 8.20 Å². The molecule has 11 heteroatoms. The normalized spacial score (nSPS) is 18.2. The number of carbonyl (C=O) groups excluding carboxylic acids is 2. The van der Waals surface area contributed by atoms with Gasteiger partial charge in [-0.15, -0.1) is 23.9 Å². The van der Waals surface area contributed by atoms with Gasteiger partial charge in [0, 0.05) is 29.7 Å². The number of hydrogen-bond acceptors (Lipinski definition) is 6. The van der Waals surface area contributed by atoms with Crippen LogP contribution in [0.25, 0.3) is 11.6 Å². The molecule has 50 heavy (non-hydrogen) atoms. The predicted molar refractivity (Wildman–Crippen MR) is 210 cm³/mol. The zero-order chi connectivity index (χ0) is 37.1. The van der Waals surface area contributed by atoms with Crippen LogP contribution >= 0.6 is 31.6 Å². The molecule has 262 valence electrons. The molecule has 1 saturated heterocycles. The fourth-order valence-electron chi connectivity index (χ4n) is 3.90. The van der Waals surface area contributed by atoms with Gasteiger partial charge in [0.1, 0.15) is 11.5 Å². The number of allylic oxidation sites excluding steroid dienone is 3. The minimum atomic E-state index is -1.07. The van der Waals surface area contributed by atoms with Gasteiger partial charge in [0.25, 0.3) is 11.8 Å². The van der Waals surface area contributed by atoms with Crippen molar-refractivity contribution in [3.05, 3.63) is 93.3 Å². The SMILES string of the molecule is C#CC.C/C=C(\C/C=C(/C(=O)O)C(C)Cl)N=C1CNC(=O)/C(=C/c2ccc(C3=C(NC(=O)c4ccccc4)P=CC(C)C#C3)o2)S1.CCCC. The number of benzene rings is 1.